The van der Waals surface area contributed by atoms with Crippen LogP contribution in [0.5, 0.6) is 0 Å². The van der Waals surface area contributed by atoms with E-state index in [1.807, 2.05) is 0 Å². The Balaban J connectivity index is 1.44. The van der Waals surface area contributed by atoms with Crippen LogP contribution in [-0.2, 0) is 13.1 Å². The fraction of sp³-hybridized carbons (Fsp3) is 0.846. The summed E-state index contributed by atoms with van der Waals surface area (Å²) in [5.41, 5.74) is -0.387. The molecule has 19 heavy (non-hydrogen) atoms. The van der Waals surface area contributed by atoms with Crippen LogP contribution in [0.25, 0.3) is 0 Å². The normalized spacial score (nSPS) is 108. The van der Waals surface area contributed by atoms with E-state index >= 15 is 0 Å². The first kappa shape index (κ1) is 6.81. The van der Waals surface area contributed by atoms with Gasteiger partial charge in [-0.25, -0.2) is 0 Å². The molecule has 0 amide bonds. The molecule has 0 aromatic carbocycles. The Morgan fingerprint density at radius 3 is 1.68 bits per heavy atom. The topological polar surface area (TPSA) is 70.7 Å². The summed E-state index contributed by atoms with van der Waals surface area (Å²) in [7, 11) is 0. The van der Waals surface area contributed by atoms with Gasteiger partial charge in [-0.2, -0.15) is 0 Å². The van der Waals surface area contributed by atoms with E-state index in [0.29, 0.717) is 4.31 Å². The molecular formula is C13H13FeN3O2. The fourth-order valence-corrected chi connectivity index (χ4v) is 92.5. The molecule has 11 heterocycles. The molecule has 1 aromatic rings. The van der Waals surface area contributed by atoms with E-state index in [0.717, 1.165) is 16.2 Å². The van der Waals surface area contributed by atoms with Crippen LogP contribution in [0.4, 0.5) is 0 Å². The molecule has 4 atom stereocenters. The Labute approximate surface area is 96.6 Å². The molecule has 0 saturated carbocycles. The average molecular weight is 299 g/mol. The maximum atomic E-state index is 11.9. The third-order valence-corrected chi connectivity index (χ3v) is 59.1. The Bertz CT molecular complexity index is 1210. The van der Waals surface area contributed by atoms with E-state index in [9.17, 15) is 9.59 Å². The Morgan fingerprint density at radius 2 is 1.37 bits per heavy atom. The van der Waals surface area contributed by atoms with Crippen molar-refractivity contribution in [3.05, 3.63) is 21.0 Å². The van der Waals surface area contributed by atoms with Gasteiger partial charge in [-0.3, -0.25) is 0 Å². The van der Waals surface area contributed by atoms with Crippen molar-refractivity contribution in [2.45, 2.75) is 54.2 Å². The van der Waals surface area contributed by atoms with Crippen molar-refractivity contribution in [3.63, 3.8) is 0 Å². The summed E-state index contributed by atoms with van der Waals surface area (Å²) in [6.07, 6.45) is 0. The molecule has 0 aliphatic carbocycles. The van der Waals surface area contributed by atoms with E-state index in [4.69, 9.17) is 0 Å². The number of aromatic nitrogens is 3. The number of aromatic amines is 2. The van der Waals surface area contributed by atoms with Crippen molar-refractivity contribution in [1.82, 2.24) is 14.8 Å². The number of nitrogens with zero attached hydrogens (tertiary/aromatic N) is 1. The molecule has 1 aromatic heterocycles. The molecule has 10 aliphatic heterocycles. The van der Waals surface area contributed by atoms with Gasteiger partial charge < -0.3 is 0 Å². The van der Waals surface area contributed by atoms with E-state index in [1.165, 1.54) is 38.3 Å². The molecule has 10 fully saturated rings. The Morgan fingerprint density at radius 1 is 0.895 bits per heavy atom. The summed E-state index contributed by atoms with van der Waals surface area (Å²) < 4.78 is 2.15. The van der Waals surface area contributed by atoms with Crippen LogP contribution in [0.15, 0.2) is 9.59 Å². The van der Waals surface area contributed by atoms with E-state index in [1.54, 1.807) is 0 Å². The third-order valence-electron chi connectivity index (χ3n) is 16.1. The monoisotopic (exact) mass is 299 g/mol. The number of rotatable bonds is 2. The van der Waals surface area contributed by atoms with Gasteiger partial charge in [0.1, 0.15) is 0 Å². The number of hydrogen-bond donors (Lipinski definition) is 2. The van der Waals surface area contributed by atoms with Crippen molar-refractivity contribution >= 4 is 0 Å². The van der Waals surface area contributed by atoms with E-state index in [-0.39, 0.29) is 11.4 Å². The van der Waals surface area contributed by atoms with Crippen molar-refractivity contribution in [2.75, 3.05) is 0 Å². The van der Waals surface area contributed by atoms with E-state index in [2.05, 4.69) is 10.2 Å². The van der Waals surface area contributed by atoms with Gasteiger partial charge in [0.15, 0.2) is 0 Å². The van der Waals surface area contributed by atoms with E-state index < -0.39 is 6.51 Å². The maximum absolute atomic E-state index is 11.9. The summed E-state index contributed by atoms with van der Waals surface area (Å²) in [5, 5.41) is 4.96. The van der Waals surface area contributed by atoms with Crippen molar-refractivity contribution < 1.29 is 6.51 Å². The molecule has 2 N–H and O–H groups in total. The summed E-state index contributed by atoms with van der Waals surface area (Å²) in [6.45, 7) is -2.27. The number of hydrogen-bond acceptors (Lipinski definition) is 2. The fourth-order valence-electron chi connectivity index (χ4n) is 17.8. The van der Waals surface area contributed by atoms with Crippen LogP contribution in [-0.4, -0.2) is 14.8 Å². The summed E-state index contributed by atoms with van der Waals surface area (Å²) >= 11 is 0. The predicted molar refractivity (Wildman–Crippen MR) is 62.1 cm³/mol. The van der Waals surface area contributed by atoms with Gasteiger partial charge >= 0.3 is 96.4 Å². The van der Waals surface area contributed by atoms with Gasteiger partial charge in [0.25, 0.3) is 0 Å². The standard InChI is InChI=1S/C8H8N3O2.C5H5.Fe/c12-7-9-10-8(13)11(7)5-6-3-1-2-4-6;1-2-4-5-3-1;/h1-4H,5H2,(H,9,12)(H,10,13);1-5H;. The molecule has 0 bridgehead atoms. The average Bonchev–Trinajstić information content (AvgIpc) is 3.31. The zero-order valence-electron chi connectivity index (χ0n) is 10.0. The number of H-pyrrole nitrogens is 2. The first-order chi connectivity index (χ1) is 8.94. The van der Waals surface area contributed by atoms with Crippen molar-refractivity contribution in [3.8, 4) is 0 Å². The van der Waals surface area contributed by atoms with Gasteiger partial charge in [0, 0.05) is 0 Å². The quantitative estimate of drug-likeness (QED) is 0.815. The van der Waals surface area contributed by atoms with Gasteiger partial charge in [-0.1, -0.05) is 0 Å². The third kappa shape index (κ3) is 0.0758. The summed E-state index contributed by atoms with van der Waals surface area (Å²) in [5.74, 6) is 0. The van der Waals surface area contributed by atoms with Crippen LogP contribution >= 0.6 is 0 Å². The van der Waals surface area contributed by atoms with Crippen LogP contribution < -0.4 is 11.4 Å². The molecular weight excluding hydrogens is 286 g/mol. The molecule has 10 aliphatic rings. The van der Waals surface area contributed by atoms with Crippen LogP contribution in [0, 0.1) is 0 Å². The zero-order valence-corrected chi connectivity index (χ0v) is 11.1. The number of nitrogens with one attached hydrogen (secondary N) is 2. The van der Waals surface area contributed by atoms with Gasteiger partial charge in [0.05, 0.1) is 0 Å². The van der Waals surface area contributed by atoms with Gasteiger partial charge in [0.2, 0.25) is 0 Å². The molecule has 4 unspecified atom stereocenters. The second-order valence-corrected chi connectivity index (χ2v) is 35.0. The van der Waals surface area contributed by atoms with Crippen molar-refractivity contribution in [2.24, 2.45) is 0 Å². The molecule has 1 spiro atoms. The van der Waals surface area contributed by atoms with Crippen LogP contribution in [0.2, 0.25) is 47.7 Å². The molecule has 100 valence electrons. The van der Waals surface area contributed by atoms with Gasteiger partial charge in [-0.05, 0) is 0 Å². The van der Waals surface area contributed by atoms with Crippen LogP contribution in [0.3, 0.4) is 0 Å². The number of fused-ring (bicyclic) bond motifs is 10. The van der Waals surface area contributed by atoms with Crippen molar-refractivity contribution in [1.29, 1.82) is 0 Å². The predicted octanol–water partition coefficient (Wildman–Crippen LogP) is 1.62. The minimum atomic E-state index is -3.11. The summed E-state index contributed by atoms with van der Waals surface area (Å²) in [6, 6.07) is 0. The van der Waals surface area contributed by atoms with Crippen LogP contribution in [0.1, 0.15) is 0 Å². The molecule has 0 radical (unpaired) electrons. The minimum absolute atomic E-state index is 0.194. The molecule has 11 rings (SSSR count). The first-order valence-electron chi connectivity index (χ1n) is 7.53. The van der Waals surface area contributed by atoms with Gasteiger partial charge in [-0.15, -0.1) is 0 Å². The Kier molecular flexibility index (Phi) is 0.205. The zero-order chi connectivity index (χ0) is 11.9. The SMILES string of the molecule is O=c1[nH][nH]c(=O)n1C[C]12[CH]3[CH]4[CH]5[CH]1[Fe]45321678[CH]2[CH]1[CH]6[CH]7[CH]28. The second-order valence-electron chi connectivity index (χ2n) is 11.3. The second kappa shape index (κ2) is 0.573. The molecule has 5 nitrogen and oxygen atoms in total. The Hall–Kier alpha value is -0.741. The molecule has 6 heteroatoms. The molecule has 10 saturated heterocycles. The summed E-state index contributed by atoms with van der Waals surface area (Å²) in [4.78, 5) is 34.9. The first-order valence-corrected chi connectivity index (χ1v) is 13.8.